The van der Waals surface area contributed by atoms with Crippen LogP contribution in [-0.4, -0.2) is 20.0 Å². The van der Waals surface area contributed by atoms with Crippen molar-refractivity contribution < 1.29 is 17.6 Å². The van der Waals surface area contributed by atoms with E-state index in [4.69, 9.17) is 4.42 Å². The third-order valence-electron chi connectivity index (χ3n) is 3.64. The molecule has 0 N–H and O–H groups in total. The van der Waals surface area contributed by atoms with Gasteiger partial charge >= 0.3 is 5.63 Å². The Balaban J connectivity index is 1.96. The van der Waals surface area contributed by atoms with Crippen LogP contribution in [0.25, 0.3) is 11.0 Å². The van der Waals surface area contributed by atoms with Gasteiger partial charge in [-0.05, 0) is 31.2 Å². The zero-order valence-corrected chi connectivity index (χ0v) is 13.7. The van der Waals surface area contributed by atoms with Gasteiger partial charge in [0.2, 0.25) is 0 Å². The van der Waals surface area contributed by atoms with Crippen LogP contribution in [-0.2, 0) is 9.84 Å². The van der Waals surface area contributed by atoms with Crippen LogP contribution in [0.15, 0.2) is 68.7 Å². The Morgan fingerprint density at radius 1 is 1.04 bits per heavy atom. The van der Waals surface area contributed by atoms with Crippen molar-refractivity contribution in [3.63, 3.8) is 0 Å². The minimum atomic E-state index is -3.82. The van der Waals surface area contributed by atoms with E-state index in [1.165, 1.54) is 18.2 Å². The van der Waals surface area contributed by atoms with Crippen LogP contribution in [0.1, 0.15) is 15.9 Å². The smallest absolute Gasteiger partial charge is 0.347 e. The molecule has 5 nitrogen and oxygen atoms in total. The molecule has 1 aromatic heterocycles. The SMILES string of the molecule is Cc1ccc(S(=O)(=O)CC(=O)c2cc3ccccc3oc2=O)cc1. The topological polar surface area (TPSA) is 81.4 Å². The van der Waals surface area contributed by atoms with Crippen molar-refractivity contribution in [3.8, 4) is 0 Å². The Morgan fingerprint density at radius 3 is 2.42 bits per heavy atom. The lowest BCUT2D eigenvalue weighted by Gasteiger charge is -2.05. The summed E-state index contributed by atoms with van der Waals surface area (Å²) in [4.78, 5) is 24.3. The zero-order valence-electron chi connectivity index (χ0n) is 12.9. The van der Waals surface area contributed by atoms with E-state index >= 15 is 0 Å². The minimum absolute atomic E-state index is 0.0478. The molecule has 0 radical (unpaired) electrons. The summed E-state index contributed by atoms with van der Waals surface area (Å²) in [5, 5.41) is 0.563. The predicted octanol–water partition coefficient (Wildman–Crippen LogP) is 2.76. The highest BCUT2D eigenvalue weighted by Crippen LogP contribution is 2.16. The van der Waals surface area contributed by atoms with Gasteiger partial charge in [-0.2, -0.15) is 0 Å². The average molecular weight is 342 g/mol. The average Bonchev–Trinajstić information content (AvgIpc) is 2.54. The van der Waals surface area contributed by atoms with E-state index in [-0.39, 0.29) is 10.5 Å². The number of aryl methyl sites for hydroxylation is 1. The van der Waals surface area contributed by atoms with Crippen molar-refractivity contribution in [2.75, 3.05) is 5.75 Å². The lowest BCUT2D eigenvalue weighted by Crippen LogP contribution is -2.22. The molecule has 2 aromatic carbocycles. The van der Waals surface area contributed by atoms with Crippen LogP contribution in [0.5, 0.6) is 0 Å². The molecule has 0 atom stereocenters. The summed E-state index contributed by atoms with van der Waals surface area (Å²) in [5.41, 5.74) is 0.165. The second-order valence-electron chi connectivity index (χ2n) is 5.48. The fraction of sp³-hybridized carbons (Fsp3) is 0.111. The van der Waals surface area contributed by atoms with Crippen LogP contribution >= 0.6 is 0 Å². The summed E-state index contributed by atoms with van der Waals surface area (Å²) in [5.74, 6) is -1.56. The Morgan fingerprint density at radius 2 is 1.71 bits per heavy atom. The molecule has 0 amide bonds. The van der Waals surface area contributed by atoms with Gasteiger partial charge in [0.05, 0.1) is 4.90 Å². The van der Waals surface area contributed by atoms with Gasteiger partial charge in [0.25, 0.3) is 0 Å². The molecule has 0 saturated carbocycles. The molecule has 1 heterocycles. The molecular formula is C18H14O5S. The number of sulfone groups is 1. The molecule has 122 valence electrons. The monoisotopic (exact) mass is 342 g/mol. The number of benzene rings is 2. The second kappa shape index (κ2) is 6.05. The molecule has 0 bridgehead atoms. The van der Waals surface area contributed by atoms with Gasteiger partial charge in [-0.1, -0.05) is 35.9 Å². The molecule has 0 saturated heterocycles. The fourth-order valence-corrected chi connectivity index (χ4v) is 3.55. The Kier molecular flexibility index (Phi) is 4.07. The molecule has 3 rings (SSSR count). The van der Waals surface area contributed by atoms with Gasteiger partial charge in [0, 0.05) is 5.39 Å². The van der Waals surface area contributed by atoms with Crippen molar-refractivity contribution in [1.29, 1.82) is 0 Å². The number of Topliss-reactive ketones (excluding diaryl/α,β-unsaturated/α-hetero) is 1. The predicted molar refractivity (Wildman–Crippen MR) is 90.0 cm³/mol. The largest absolute Gasteiger partial charge is 0.422 e. The normalized spacial score (nSPS) is 11.5. The number of fused-ring (bicyclic) bond motifs is 1. The van der Waals surface area contributed by atoms with Gasteiger partial charge in [-0.3, -0.25) is 4.79 Å². The molecule has 0 aliphatic carbocycles. The maximum Gasteiger partial charge on any atom is 0.347 e. The summed E-state index contributed by atoms with van der Waals surface area (Å²) < 4.78 is 29.8. The third kappa shape index (κ3) is 3.14. The van der Waals surface area contributed by atoms with E-state index in [1.54, 1.807) is 36.4 Å². The van der Waals surface area contributed by atoms with E-state index in [1.807, 2.05) is 6.92 Å². The number of carbonyl (C=O) groups excluding carboxylic acids is 1. The third-order valence-corrected chi connectivity index (χ3v) is 5.28. The van der Waals surface area contributed by atoms with Crippen LogP contribution in [0.3, 0.4) is 0 Å². The van der Waals surface area contributed by atoms with E-state index in [0.29, 0.717) is 11.0 Å². The van der Waals surface area contributed by atoms with E-state index in [2.05, 4.69) is 0 Å². The zero-order chi connectivity index (χ0) is 17.3. The molecule has 24 heavy (non-hydrogen) atoms. The van der Waals surface area contributed by atoms with Crippen LogP contribution in [0.2, 0.25) is 0 Å². The summed E-state index contributed by atoms with van der Waals surface area (Å²) in [6, 6.07) is 14.3. The summed E-state index contributed by atoms with van der Waals surface area (Å²) >= 11 is 0. The first-order valence-corrected chi connectivity index (χ1v) is 8.87. The summed E-state index contributed by atoms with van der Waals surface area (Å²) in [6.45, 7) is 1.84. The van der Waals surface area contributed by atoms with Crippen molar-refractivity contribution in [1.82, 2.24) is 0 Å². The molecule has 0 spiro atoms. The van der Waals surface area contributed by atoms with Crippen LogP contribution in [0.4, 0.5) is 0 Å². The minimum Gasteiger partial charge on any atom is -0.422 e. The Hall–Kier alpha value is -2.73. The van der Waals surface area contributed by atoms with Crippen molar-refractivity contribution in [2.24, 2.45) is 0 Å². The van der Waals surface area contributed by atoms with Gasteiger partial charge in [-0.25, -0.2) is 13.2 Å². The highest BCUT2D eigenvalue weighted by atomic mass is 32.2. The Labute approximate surface area is 138 Å². The molecule has 0 unspecified atom stereocenters. The lowest BCUT2D eigenvalue weighted by molar-refractivity contribution is 0.101. The van der Waals surface area contributed by atoms with Gasteiger partial charge < -0.3 is 4.42 Å². The number of hydrogen-bond donors (Lipinski definition) is 0. The summed E-state index contributed by atoms with van der Waals surface area (Å²) in [6.07, 6.45) is 0. The van der Waals surface area contributed by atoms with Crippen molar-refractivity contribution >= 4 is 26.6 Å². The number of hydrogen-bond acceptors (Lipinski definition) is 5. The highest BCUT2D eigenvalue weighted by molar-refractivity contribution is 7.92. The van der Waals surface area contributed by atoms with Crippen molar-refractivity contribution in [2.45, 2.75) is 11.8 Å². The number of carbonyl (C=O) groups is 1. The molecule has 0 fully saturated rings. The maximum atomic E-state index is 12.3. The van der Waals surface area contributed by atoms with Gasteiger partial charge in [-0.15, -0.1) is 0 Å². The molecule has 6 heteroatoms. The van der Waals surface area contributed by atoms with E-state index in [0.717, 1.165) is 5.56 Å². The molecule has 0 aliphatic heterocycles. The van der Waals surface area contributed by atoms with Gasteiger partial charge in [0.15, 0.2) is 15.6 Å². The lowest BCUT2D eigenvalue weighted by atomic mass is 10.1. The summed E-state index contributed by atoms with van der Waals surface area (Å²) in [7, 11) is -3.82. The van der Waals surface area contributed by atoms with Crippen molar-refractivity contribution in [3.05, 3.63) is 76.1 Å². The first kappa shape index (κ1) is 16.1. The number of para-hydroxylation sites is 1. The van der Waals surface area contributed by atoms with E-state index < -0.39 is 27.0 Å². The van der Waals surface area contributed by atoms with E-state index in [9.17, 15) is 18.0 Å². The van der Waals surface area contributed by atoms with Crippen LogP contribution < -0.4 is 5.63 Å². The maximum absolute atomic E-state index is 12.3. The molecule has 3 aromatic rings. The quantitative estimate of drug-likeness (QED) is 0.538. The Bertz CT molecular complexity index is 1080. The van der Waals surface area contributed by atoms with Gasteiger partial charge in [0.1, 0.15) is 16.9 Å². The molecule has 0 aliphatic rings. The highest BCUT2D eigenvalue weighted by Gasteiger charge is 2.23. The van der Waals surface area contributed by atoms with Crippen LogP contribution in [0, 0.1) is 6.92 Å². The number of rotatable bonds is 4. The molecular weight excluding hydrogens is 328 g/mol. The first-order valence-electron chi connectivity index (χ1n) is 7.22. The first-order chi connectivity index (χ1) is 11.4. The number of ketones is 1. The second-order valence-corrected chi connectivity index (χ2v) is 7.47. The fourth-order valence-electron chi connectivity index (χ4n) is 2.34. The standard InChI is InChI=1S/C18H14O5S/c1-12-6-8-14(9-7-12)24(21,22)11-16(19)15-10-13-4-2-3-5-17(13)23-18(15)20/h2-10H,11H2,1H3.